The Morgan fingerprint density at radius 3 is 2.67 bits per heavy atom. The van der Waals surface area contributed by atoms with Gasteiger partial charge in [0.2, 0.25) is 0 Å². The summed E-state index contributed by atoms with van der Waals surface area (Å²) in [4.78, 5) is 3.17. The summed E-state index contributed by atoms with van der Waals surface area (Å²) >= 11 is 7.09. The van der Waals surface area contributed by atoms with E-state index in [9.17, 15) is 17.2 Å². The fourth-order valence-electron chi connectivity index (χ4n) is 2.24. The Bertz CT molecular complexity index is 1040. The molecular weight excluding hydrogens is 418 g/mol. The number of rotatable bonds is 7. The van der Waals surface area contributed by atoms with E-state index in [-0.39, 0.29) is 34.7 Å². The van der Waals surface area contributed by atoms with Crippen molar-refractivity contribution in [3.05, 3.63) is 70.2 Å². The Balaban J connectivity index is 1.74. The lowest BCUT2D eigenvalue weighted by Gasteiger charge is -2.12. The highest BCUT2D eigenvalue weighted by Gasteiger charge is 2.23. The second kappa shape index (κ2) is 8.20. The van der Waals surface area contributed by atoms with E-state index in [1.54, 1.807) is 23.6 Å². The molecule has 5 nitrogen and oxygen atoms in total. The average Bonchev–Trinajstić information content (AvgIpc) is 3.11. The van der Waals surface area contributed by atoms with E-state index in [0.717, 1.165) is 23.5 Å². The highest BCUT2D eigenvalue weighted by Crippen LogP contribution is 2.31. The maximum absolute atomic E-state index is 14.3. The van der Waals surface area contributed by atoms with Gasteiger partial charge in [0.05, 0.1) is 11.6 Å². The van der Waals surface area contributed by atoms with Crippen LogP contribution in [0.25, 0.3) is 0 Å². The quantitative estimate of drug-likeness (QED) is 0.599. The van der Waals surface area contributed by atoms with Crippen LogP contribution >= 0.6 is 22.9 Å². The molecule has 0 radical (unpaired) electrons. The minimum atomic E-state index is -4.19. The molecule has 1 aromatic heterocycles. The number of hydrogen-bond donors (Lipinski definition) is 1. The standard InChI is InChI=1S/C17H13ClF2N2O3S2/c18-12-9-16(27(23,24)22-17-21-6-8-26-17)14(20)10-15(12)25-7-5-11-3-1-2-4-13(11)19/h1-4,6,8-10H,5,7H2,(H,21,22). The van der Waals surface area contributed by atoms with Crippen LogP contribution in [0.15, 0.2) is 52.9 Å². The van der Waals surface area contributed by atoms with Gasteiger partial charge in [-0.2, -0.15) is 0 Å². The molecule has 0 spiro atoms. The van der Waals surface area contributed by atoms with Crippen LogP contribution in [0.5, 0.6) is 5.75 Å². The number of nitrogens with one attached hydrogen (secondary N) is 1. The smallest absolute Gasteiger partial charge is 0.266 e. The number of benzene rings is 2. The molecule has 142 valence electrons. The Kier molecular flexibility index (Phi) is 5.93. The molecule has 0 atom stereocenters. The maximum Gasteiger partial charge on any atom is 0.266 e. The predicted octanol–water partition coefficient (Wildman–Crippen LogP) is 4.50. The molecule has 0 fully saturated rings. The zero-order valence-corrected chi connectivity index (χ0v) is 16.0. The summed E-state index contributed by atoms with van der Waals surface area (Å²) in [5.41, 5.74) is 0.445. The molecule has 0 amide bonds. The molecule has 27 heavy (non-hydrogen) atoms. The third-order valence-electron chi connectivity index (χ3n) is 3.52. The summed E-state index contributed by atoms with van der Waals surface area (Å²) in [5.74, 6) is -1.42. The van der Waals surface area contributed by atoms with Gasteiger partial charge in [-0.1, -0.05) is 29.8 Å². The van der Waals surface area contributed by atoms with Gasteiger partial charge in [-0.15, -0.1) is 11.3 Å². The zero-order valence-electron chi connectivity index (χ0n) is 13.7. The van der Waals surface area contributed by atoms with Crippen molar-refractivity contribution < 1.29 is 21.9 Å². The summed E-state index contributed by atoms with van der Waals surface area (Å²) in [7, 11) is -4.19. The summed E-state index contributed by atoms with van der Waals surface area (Å²) in [6.07, 6.45) is 1.66. The normalized spacial score (nSPS) is 11.4. The Morgan fingerprint density at radius 2 is 1.96 bits per heavy atom. The Morgan fingerprint density at radius 1 is 1.19 bits per heavy atom. The number of thiazole rings is 1. The van der Waals surface area contributed by atoms with E-state index in [1.165, 1.54) is 12.3 Å². The molecule has 3 rings (SSSR count). The summed E-state index contributed by atoms with van der Waals surface area (Å²) in [6.45, 7) is 0.0452. The van der Waals surface area contributed by atoms with E-state index in [4.69, 9.17) is 16.3 Å². The van der Waals surface area contributed by atoms with Crippen LogP contribution in [0.4, 0.5) is 13.9 Å². The van der Waals surface area contributed by atoms with E-state index >= 15 is 0 Å². The van der Waals surface area contributed by atoms with Crippen molar-refractivity contribution in [2.75, 3.05) is 11.3 Å². The molecule has 2 aromatic carbocycles. The first-order valence-electron chi connectivity index (χ1n) is 7.64. The highest BCUT2D eigenvalue weighted by molar-refractivity contribution is 7.93. The van der Waals surface area contributed by atoms with E-state index in [2.05, 4.69) is 9.71 Å². The number of anilines is 1. The molecule has 0 unspecified atom stereocenters. The van der Waals surface area contributed by atoms with Crippen LogP contribution in [0, 0.1) is 11.6 Å². The summed E-state index contributed by atoms with van der Waals surface area (Å²) < 4.78 is 60.1. The van der Waals surface area contributed by atoms with E-state index in [0.29, 0.717) is 5.56 Å². The van der Waals surface area contributed by atoms with Crippen LogP contribution in [0.1, 0.15) is 5.56 Å². The average molecular weight is 431 g/mol. The molecule has 0 aliphatic heterocycles. The van der Waals surface area contributed by atoms with Crippen molar-refractivity contribution in [1.29, 1.82) is 0 Å². The molecule has 0 aliphatic carbocycles. The second-order valence-corrected chi connectivity index (χ2v) is 8.30. The van der Waals surface area contributed by atoms with Crippen LogP contribution in [-0.2, 0) is 16.4 Å². The second-order valence-electron chi connectivity index (χ2n) is 5.35. The number of halogens is 3. The lowest BCUT2D eigenvalue weighted by molar-refractivity contribution is 0.318. The first-order chi connectivity index (χ1) is 12.9. The highest BCUT2D eigenvalue weighted by atomic mass is 35.5. The summed E-state index contributed by atoms with van der Waals surface area (Å²) in [5, 5.41) is 1.61. The van der Waals surface area contributed by atoms with Crippen molar-refractivity contribution >= 4 is 38.1 Å². The molecule has 0 saturated carbocycles. The number of aromatic nitrogens is 1. The van der Waals surface area contributed by atoms with Gasteiger partial charge >= 0.3 is 0 Å². The molecule has 0 bridgehead atoms. The van der Waals surface area contributed by atoms with E-state index < -0.39 is 20.7 Å². The SMILES string of the molecule is O=S(=O)(Nc1nccs1)c1cc(Cl)c(OCCc2ccccc2F)cc1F. The fraction of sp³-hybridized carbons (Fsp3) is 0.118. The lowest BCUT2D eigenvalue weighted by atomic mass is 10.1. The monoisotopic (exact) mass is 430 g/mol. The molecule has 3 aromatic rings. The topological polar surface area (TPSA) is 68.3 Å². The van der Waals surface area contributed by atoms with Gasteiger partial charge in [-0.3, -0.25) is 4.72 Å². The molecule has 1 heterocycles. The number of hydrogen-bond acceptors (Lipinski definition) is 5. The third kappa shape index (κ3) is 4.74. The minimum absolute atomic E-state index is 0.0290. The first-order valence-corrected chi connectivity index (χ1v) is 10.4. The van der Waals surface area contributed by atoms with E-state index in [1.807, 2.05) is 0 Å². The van der Waals surface area contributed by atoms with Gasteiger partial charge in [0.25, 0.3) is 10.0 Å². The zero-order chi connectivity index (χ0) is 19.4. The van der Waals surface area contributed by atoms with Crippen molar-refractivity contribution in [1.82, 2.24) is 4.98 Å². The van der Waals surface area contributed by atoms with Crippen molar-refractivity contribution in [3.63, 3.8) is 0 Å². The van der Waals surface area contributed by atoms with Crippen LogP contribution < -0.4 is 9.46 Å². The number of ether oxygens (including phenoxy) is 1. The van der Waals surface area contributed by atoms with Gasteiger partial charge in [0.1, 0.15) is 22.3 Å². The van der Waals surface area contributed by atoms with Gasteiger partial charge in [-0.05, 0) is 17.7 Å². The molecule has 0 aliphatic rings. The molecule has 1 N–H and O–H groups in total. The fourth-order valence-corrected chi connectivity index (χ4v) is 4.40. The Labute approximate surface area is 163 Å². The van der Waals surface area contributed by atoms with Crippen molar-refractivity contribution in [2.24, 2.45) is 0 Å². The van der Waals surface area contributed by atoms with Crippen molar-refractivity contribution in [3.8, 4) is 5.75 Å². The van der Waals surface area contributed by atoms with Gasteiger partial charge in [-0.25, -0.2) is 22.2 Å². The largest absolute Gasteiger partial charge is 0.492 e. The van der Waals surface area contributed by atoms with Gasteiger partial charge in [0, 0.05) is 24.1 Å². The van der Waals surface area contributed by atoms with Crippen LogP contribution in [0.3, 0.4) is 0 Å². The number of nitrogens with zero attached hydrogens (tertiary/aromatic N) is 1. The molecular formula is C17H13ClF2N2O3S2. The van der Waals surface area contributed by atoms with Gasteiger partial charge in [0.15, 0.2) is 5.13 Å². The predicted molar refractivity (Wildman–Crippen MR) is 99.9 cm³/mol. The minimum Gasteiger partial charge on any atom is -0.492 e. The lowest BCUT2D eigenvalue weighted by Crippen LogP contribution is -2.15. The summed E-state index contributed by atoms with van der Waals surface area (Å²) in [6, 6.07) is 8.06. The maximum atomic E-state index is 14.3. The van der Waals surface area contributed by atoms with Crippen molar-refractivity contribution in [2.45, 2.75) is 11.3 Å². The van der Waals surface area contributed by atoms with Crippen LogP contribution in [-0.4, -0.2) is 20.0 Å². The molecule has 0 saturated heterocycles. The van der Waals surface area contributed by atoms with Crippen LogP contribution in [0.2, 0.25) is 5.02 Å². The Hall–Kier alpha value is -2.23. The third-order valence-corrected chi connectivity index (χ3v) is 5.98. The van der Waals surface area contributed by atoms with Gasteiger partial charge < -0.3 is 4.74 Å². The molecule has 10 heteroatoms. The number of sulfonamides is 1. The first kappa shape index (κ1) is 19.5.